The van der Waals surface area contributed by atoms with Crippen molar-refractivity contribution in [2.24, 2.45) is 0 Å². The van der Waals surface area contributed by atoms with Crippen molar-refractivity contribution < 1.29 is 19.4 Å². The van der Waals surface area contributed by atoms with Gasteiger partial charge in [0.15, 0.2) is 0 Å². The van der Waals surface area contributed by atoms with Gasteiger partial charge in [-0.1, -0.05) is 13.3 Å². The van der Waals surface area contributed by atoms with E-state index in [4.69, 9.17) is 14.6 Å². The Bertz CT molecular complexity index is 441. The van der Waals surface area contributed by atoms with E-state index in [0.29, 0.717) is 31.2 Å². The fourth-order valence-corrected chi connectivity index (χ4v) is 2.13. The third-order valence-electron chi connectivity index (χ3n) is 3.12. The van der Waals surface area contributed by atoms with Crippen LogP contribution in [0.4, 0.5) is 0 Å². The highest BCUT2D eigenvalue weighted by Gasteiger charge is 2.17. The van der Waals surface area contributed by atoms with Gasteiger partial charge in [-0.15, -0.1) is 0 Å². The highest BCUT2D eigenvalue weighted by Crippen LogP contribution is 2.19. The molecule has 0 saturated carbocycles. The Morgan fingerprint density at radius 3 is 2.84 bits per heavy atom. The van der Waals surface area contributed by atoms with Gasteiger partial charge in [-0.05, 0) is 12.5 Å². The van der Waals surface area contributed by atoms with E-state index in [2.05, 4.69) is 4.98 Å². The first kappa shape index (κ1) is 13.8. The lowest BCUT2D eigenvalue weighted by Gasteiger charge is -2.23. The van der Waals surface area contributed by atoms with Crippen LogP contribution in [-0.4, -0.2) is 35.4 Å². The van der Waals surface area contributed by atoms with Gasteiger partial charge in [-0.3, -0.25) is 0 Å². The number of hydrogen-bond acceptors (Lipinski definition) is 4. The Labute approximate surface area is 112 Å². The van der Waals surface area contributed by atoms with Gasteiger partial charge in [0.05, 0.1) is 24.5 Å². The fourth-order valence-electron chi connectivity index (χ4n) is 2.13. The standard InChI is InChI=1S/C14H19NO4/c1-2-3-12-11(14(16)17)4-5-13(15-12)19-10-6-8-18-9-7-10/h4-5,10H,2-3,6-9H2,1H3,(H,16,17). The molecular formula is C14H19NO4. The lowest BCUT2D eigenvalue weighted by atomic mass is 10.1. The molecule has 2 rings (SSSR count). The summed E-state index contributed by atoms with van der Waals surface area (Å²) in [6.45, 7) is 3.42. The van der Waals surface area contributed by atoms with Gasteiger partial charge >= 0.3 is 5.97 Å². The molecule has 104 valence electrons. The van der Waals surface area contributed by atoms with Gasteiger partial charge in [-0.25, -0.2) is 9.78 Å². The van der Waals surface area contributed by atoms with E-state index in [1.165, 1.54) is 0 Å². The molecule has 0 spiro atoms. The molecule has 5 nitrogen and oxygen atoms in total. The number of aromatic nitrogens is 1. The molecule has 1 aliphatic rings. The van der Waals surface area contributed by atoms with Crippen LogP contribution >= 0.6 is 0 Å². The molecule has 1 aliphatic heterocycles. The van der Waals surface area contributed by atoms with Gasteiger partial charge in [0.1, 0.15) is 6.10 Å². The van der Waals surface area contributed by atoms with Crippen molar-refractivity contribution in [2.75, 3.05) is 13.2 Å². The van der Waals surface area contributed by atoms with Crippen LogP contribution in [0, 0.1) is 0 Å². The molecule has 0 atom stereocenters. The average molecular weight is 265 g/mol. The Hall–Kier alpha value is -1.62. The molecule has 1 fully saturated rings. The molecule has 1 N–H and O–H groups in total. The van der Waals surface area contributed by atoms with E-state index in [9.17, 15) is 4.79 Å². The van der Waals surface area contributed by atoms with Gasteiger partial charge in [0.2, 0.25) is 5.88 Å². The Balaban J connectivity index is 2.12. The molecule has 5 heteroatoms. The largest absolute Gasteiger partial charge is 0.478 e. The van der Waals surface area contributed by atoms with E-state index < -0.39 is 5.97 Å². The molecule has 1 aromatic heterocycles. The van der Waals surface area contributed by atoms with Gasteiger partial charge in [-0.2, -0.15) is 0 Å². The summed E-state index contributed by atoms with van der Waals surface area (Å²) in [5.41, 5.74) is 0.862. The third kappa shape index (κ3) is 3.67. The highest BCUT2D eigenvalue weighted by molar-refractivity contribution is 5.88. The zero-order chi connectivity index (χ0) is 13.7. The normalized spacial score (nSPS) is 16.3. The van der Waals surface area contributed by atoms with Crippen LogP contribution in [0.5, 0.6) is 5.88 Å². The van der Waals surface area contributed by atoms with E-state index in [1.54, 1.807) is 12.1 Å². The van der Waals surface area contributed by atoms with Crippen LogP contribution < -0.4 is 4.74 Å². The van der Waals surface area contributed by atoms with E-state index >= 15 is 0 Å². The second kappa shape index (κ2) is 6.52. The van der Waals surface area contributed by atoms with Gasteiger partial charge < -0.3 is 14.6 Å². The number of aryl methyl sites for hydroxylation is 1. The Morgan fingerprint density at radius 2 is 2.21 bits per heavy atom. The molecule has 0 bridgehead atoms. The zero-order valence-corrected chi connectivity index (χ0v) is 11.1. The molecule has 2 heterocycles. The van der Waals surface area contributed by atoms with Crippen molar-refractivity contribution in [1.29, 1.82) is 0 Å². The minimum absolute atomic E-state index is 0.117. The summed E-state index contributed by atoms with van der Waals surface area (Å²) < 4.78 is 11.1. The zero-order valence-electron chi connectivity index (χ0n) is 11.1. The van der Waals surface area contributed by atoms with Crippen LogP contribution in [0.15, 0.2) is 12.1 Å². The molecule has 1 aromatic rings. The topological polar surface area (TPSA) is 68.7 Å². The average Bonchev–Trinajstić information content (AvgIpc) is 2.40. The van der Waals surface area contributed by atoms with Crippen molar-refractivity contribution in [3.05, 3.63) is 23.4 Å². The molecule has 0 unspecified atom stereocenters. The smallest absolute Gasteiger partial charge is 0.337 e. The summed E-state index contributed by atoms with van der Waals surface area (Å²) in [5, 5.41) is 9.11. The number of ether oxygens (including phenoxy) is 2. The van der Waals surface area contributed by atoms with Crippen LogP contribution in [-0.2, 0) is 11.2 Å². The quantitative estimate of drug-likeness (QED) is 0.884. The molecule has 0 aliphatic carbocycles. The summed E-state index contributed by atoms with van der Waals surface area (Å²) in [7, 11) is 0. The van der Waals surface area contributed by atoms with E-state index in [-0.39, 0.29) is 11.7 Å². The first-order valence-electron chi connectivity index (χ1n) is 6.68. The summed E-state index contributed by atoms with van der Waals surface area (Å²) in [6.07, 6.45) is 3.32. The van der Waals surface area contributed by atoms with Crippen molar-refractivity contribution in [2.45, 2.75) is 38.7 Å². The molecule has 0 radical (unpaired) electrons. The number of carboxylic acids is 1. The lowest BCUT2D eigenvalue weighted by Crippen LogP contribution is -2.26. The van der Waals surface area contributed by atoms with Crippen LogP contribution in [0.25, 0.3) is 0 Å². The molecule has 0 aromatic carbocycles. The number of rotatable bonds is 5. The van der Waals surface area contributed by atoms with E-state index in [0.717, 1.165) is 19.3 Å². The monoisotopic (exact) mass is 265 g/mol. The van der Waals surface area contributed by atoms with Crippen LogP contribution in [0.3, 0.4) is 0 Å². The minimum atomic E-state index is -0.937. The maximum atomic E-state index is 11.1. The molecule has 0 amide bonds. The minimum Gasteiger partial charge on any atom is -0.478 e. The van der Waals surface area contributed by atoms with Crippen molar-refractivity contribution in [3.63, 3.8) is 0 Å². The van der Waals surface area contributed by atoms with E-state index in [1.807, 2.05) is 6.92 Å². The second-order valence-electron chi connectivity index (χ2n) is 4.63. The Morgan fingerprint density at radius 1 is 1.47 bits per heavy atom. The fraction of sp³-hybridized carbons (Fsp3) is 0.571. The summed E-state index contributed by atoms with van der Waals surface area (Å²) in [6, 6.07) is 3.22. The first-order valence-corrected chi connectivity index (χ1v) is 6.68. The lowest BCUT2D eigenvalue weighted by molar-refractivity contribution is 0.0236. The van der Waals surface area contributed by atoms with Gasteiger partial charge in [0.25, 0.3) is 0 Å². The second-order valence-corrected chi connectivity index (χ2v) is 4.63. The number of carboxylic acid groups (broad SMARTS) is 1. The SMILES string of the molecule is CCCc1nc(OC2CCOCC2)ccc1C(=O)O. The highest BCUT2D eigenvalue weighted by atomic mass is 16.5. The maximum Gasteiger partial charge on any atom is 0.337 e. The van der Waals surface area contributed by atoms with Crippen molar-refractivity contribution in [1.82, 2.24) is 4.98 Å². The predicted octanol–water partition coefficient (Wildman–Crippen LogP) is 2.29. The van der Waals surface area contributed by atoms with Crippen molar-refractivity contribution in [3.8, 4) is 5.88 Å². The molecule has 19 heavy (non-hydrogen) atoms. The first-order chi connectivity index (χ1) is 9.20. The molecule has 1 saturated heterocycles. The number of pyridine rings is 1. The number of hydrogen-bond donors (Lipinski definition) is 1. The Kier molecular flexibility index (Phi) is 4.74. The number of aromatic carboxylic acids is 1. The van der Waals surface area contributed by atoms with Crippen molar-refractivity contribution >= 4 is 5.97 Å². The predicted molar refractivity (Wildman–Crippen MR) is 69.7 cm³/mol. The summed E-state index contributed by atoms with van der Waals surface area (Å²) in [5.74, 6) is -0.422. The third-order valence-corrected chi connectivity index (χ3v) is 3.12. The summed E-state index contributed by atoms with van der Waals surface area (Å²) in [4.78, 5) is 15.4. The maximum absolute atomic E-state index is 11.1. The van der Waals surface area contributed by atoms with Gasteiger partial charge in [0, 0.05) is 18.9 Å². The molecular weight excluding hydrogens is 246 g/mol. The number of nitrogens with zero attached hydrogens (tertiary/aromatic N) is 1. The van der Waals surface area contributed by atoms with Crippen LogP contribution in [0.1, 0.15) is 42.2 Å². The van der Waals surface area contributed by atoms with Crippen LogP contribution in [0.2, 0.25) is 0 Å². The summed E-state index contributed by atoms with van der Waals surface area (Å²) >= 11 is 0. The number of carbonyl (C=O) groups is 1.